The first-order valence-corrected chi connectivity index (χ1v) is 5.73. The fourth-order valence-corrected chi connectivity index (χ4v) is 1.57. The molecule has 0 amide bonds. The van der Waals surface area contributed by atoms with Crippen LogP contribution in [-0.2, 0) is 0 Å². The Morgan fingerprint density at radius 3 is 2.56 bits per heavy atom. The summed E-state index contributed by atoms with van der Waals surface area (Å²) < 4.78 is 18.6. The van der Waals surface area contributed by atoms with Crippen LogP contribution < -0.4 is 15.8 Å². The third-order valence-electron chi connectivity index (χ3n) is 2.47. The molecule has 0 aliphatic carbocycles. The quantitative estimate of drug-likeness (QED) is 0.630. The molecule has 0 atom stereocenters. The van der Waals surface area contributed by atoms with Crippen molar-refractivity contribution in [2.24, 2.45) is 0 Å². The normalized spacial score (nSPS) is 10.1. The van der Waals surface area contributed by atoms with Gasteiger partial charge in [0.1, 0.15) is 6.61 Å². The lowest BCUT2D eigenvalue weighted by molar-refractivity contribution is 0.315. The van der Waals surface area contributed by atoms with E-state index in [1.807, 2.05) is 24.3 Å². The number of hydrogen-bond acceptors (Lipinski definition) is 3. The molecule has 18 heavy (non-hydrogen) atoms. The molecule has 0 unspecified atom stereocenters. The minimum Gasteiger partial charge on any atom is -0.489 e. The summed E-state index contributed by atoms with van der Waals surface area (Å²) in [5, 5.41) is 3.13. The molecule has 0 radical (unpaired) electrons. The van der Waals surface area contributed by atoms with Gasteiger partial charge in [-0.2, -0.15) is 0 Å². The molecular weight excluding hydrogens is 231 g/mol. The predicted octanol–water partition coefficient (Wildman–Crippen LogP) is 2.90. The van der Waals surface area contributed by atoms with E-state index >= 15 is 0 Å². The molecule has 2 rings (SSSR count). The molecule has 2 aromatic rings. The Bertz CT molecular complexity index is 469. The Kier molecular flexibility index (Phi) is 4.02. The van der Waals surface area contributed by atoms with E-state index in [0.717, 1.165) is 5.69 Å². The van der Waals surface area contributed by atoms with Gasteiger partial charge in [0.15, 0.2) is 11.6 Å². The molecule has 94 valence electrons. The van der Waals surface area contributed by atoms with Crippen LogP contribution in [0.2, 0.25) is 0 Å². The summed E-state index contributed by atoms with van der Waals surface area (Å²) in [5.41, 5.74) is 7.31. The van der Waals surface area contributed by atoms with Crippen molar-refractivity contribution in [3.63, 3.8) is 0 Å². The van der Waals surface area contributed by atoms with Crippen LogP contribution in [0.5, 0.6) is 5.75 Å². The average Bonchev–Trinajstić information content (AvgIpc) is 2.38. The molecule has 0 aromatic heterocycles. The third-order valence-corrected chi connectivity index (χ3v) is 2.47. The first-order valence-electron chi connectivity index (χ1n) is 5.73. The molecule has 3 nitrogen and oxygen atoms in total. The topological polar surface area (TPSA) is 47.3 Å². The zero-order valence-corrected chi connectivity index (χ0v) is 9.90. The summed E-state index contributed by atoms with van der Waals surface area (Å²) in [6.45, 7) is 0.928. The van der Waals surface area contributed by atoms with E-state index in [9.17, 15) is 4.39 Å². The second-order valence-corrected chi connectivity index (χ2v) is 3.79. The predicted molar refractivity (Wildman–Crippen MR) is 71.2 cm³/mol. The van der Waals surface area contributed by atoms with Gasteiger partial charge in [0.25, 0.3) is 0 Å². The fourth-order valence-electron chi connectivity index (χ4n) is 1.57. The van der Waals surface area contributed by atoms with Crippen LogP contribution in [0.3, 0.4) is 0 Å². The second kappa shape index (κ2) is 5.91. The minimum absolute atomic E-state index is 0.264. The molecule has 3 N–H and O–H groups in total. The van der Waals surface area contributed by atoms with E-state index < -0.39 is 0 Å². The van der Waals surface area contributed by atoms with Crippen molar-refractivity contribution in [3.05, 3.63) is 54.3 Å². The number of benzene rings is 2. The number of nitrogens with two attached hydrogens (primary N) is 1. The van der Waals surface area contributed by atoms with Crippen molar-refractivity contribution in [1.29, 1.82) is 0 Å². The Hall–Kier alpha value is -2.23. The van der Waals surface area contributed by atoms with Gasteiger partial charge in [-0.3, -0.25) is 0 Å². The Morgan fingerprint density at radius 1 is 1.06 bits per heavy atom. The second-order valence-electron chi connectivity index (χ2n) is 3.79. The van der Waals surface area contributed by atoms with Gasteiger partial charge in [-0.1, -0.05) is 24.3 Å². The maximum Gasteiger partial charge on any atom is 0.165 e. The number of rotatable bonds is 5. The van der Waals surface area contributed by atoms with Gasteiger partial charge in [-0.25, -0.2) is 4.39 Å². The molecule has 0 saturated carbocycles. The van der Waals surface area contributed by atoms with Gasteiger partial charge < -0.3 is 15.8 Å². The van der Waals surface area contributed by atoms with Gasteiger partial charge in [0.05, 0.1) is 11.4 Å². The SMILES string of the molecule is Nc1ccccc1NCCOc1ccccc1F. The highest BCUT2D eigenvalue weighted by Crippen LogP contribution is 2.17. The molecule has 0 heterocycles. The van der Waals surface area contributed by atoms with Gasteiger partial charge in [-0.05, 0) is 24.3 Å². The number of hydrogen-bond donors (Lipinski definition) is 2. The Balaban J connectivity index is 1.80. The van der Waals surface area contributed by atoms with Gasteiger partial charge >= 0.3 is 0 Å². The maximum atomic E-state index is 13.2. The van der Waals surface area contributed by atoms with Crippen molar-refractivity contribution < 1.29 is 9.13 Å². The summed E-state index contributed by atoms with van der Waals surface area (Å²) in [5.74, 6) is -0.0861. The fraction of sp³-hybridized carbons (Fsp3) is 0.143. The zero-order chi connectivity index (χ0) is 12.8. The minimum atomic E-state index is -0.350. The Morgan fingerprint density at radius 2 is 1.78 bits per heavy atom. The number of anilines is 2. The van der Waals surface area contributed by atoms with Crippen LogP contribution in [-0.4, -0.2) is 13.2 Å². The van der Waals surface area contributed by atoms with Crippen LogP contribution >= 0.6 is 0 Å². The molecule has 4 heteroatoms. The number of nitrogen functional groups attached to an aromatic ring is 1. The van der Waals surface area contributed by atoms with Crippen LogP contribution in [0, 0.1) is 5.82 Å². The standard InChI is InChI=1S/C14H15FN2O/c15-11-5-1-4-8-14(11)18-10-9-17-13-7-3-2-6-12(13)16/h1-8,17H,9-10,16H2. The van der Waals surface area contributed by atoms with Crippen LogP contribution in [0.1, 0.15) is 0 Å². The summed E-state index contributed by atoms with van der Waals surface area (Å²) in [7, 11) is 0. The highest BCUT2D eigenvalue weighted by atomic mass is 19.1. The van der Waals surface area contributed by atoms with Crippen LogP contribution in [0.15, 0.2) is 48.5 Å². The van der Waals surface area contributed by atoms with Crippen LogP contribution in [0.25, 0.3) is 0 Å². The van der Waals surface area contributed by atoms with Crippen molar-refractivity contribution in [2.75, 3.05) is 24.2 Å². The molecule has 0 spiro atoms. The monoisotopic (exact) mass is 246 g/mol. The molecule has 0 fully saturated rings. The number of nitrogens with one attached hydrogen (secondary N) is 1. The van der Waals surface area contributed by atoms with Crippen molar-refractivity contribution >= 4 is 11.4 Å². The van der Waals surface area contributed by atoms with E-state index in [1.54, 1.807) is 18.2 Å². The van der Waals surface area contributed by atoms with Crippen molar-refractivity contribution in [3.8, 4) is 5.75 Å². The maximum absolute atomic E-state index is 13.2. The Labute approximate surface area is 105 Å². The smallest absolute Gasteiger partial charge is 0.165 e. The van der Waals surface area contributed by atoms with Crippen LogP contribution in [0.4, 0.5) is 15.8 Å². The molecule has 0 aliphatic rings. The largest absolute Gasteiger partial charge is 0.489 e. The van der Waals surface area contributed by atoms with E-state index in [4.69, 9.17) is 10.5 Å². The van der Waals surface area contributed by atoms with Crippen molar-refractivity contribution in [2.45, 2.75) is 0 Å². The highest BCUT2D eigenvalue weighted by molar-refractivity contribution is 5.65. The zero-order valence-electron chi connectivity index (χ0n) is 9.90. The number of ether oxygens (including phenoxy) is 1. The van der Waals surface area contributed by atoms with Crippen molar-refractivity contribution in [1.82, 2.24) is 0 Å². The molecule has 0 aliphatic heterocycles. The van der Waals surface area contributed by atoms with E-state index in [1.165, 1.54) is 6.07 Å². The van der Waals surface area contributed by atoms with E-state index in [0.29, 0.717) is 18.8 Å². The van der Waals surface area contributed by atoms with Gasteiger partial charge in [-0.15, -0.1) is 0 Å². The van der Waals surface area contributed by atoms with Gasteiger partial charge in [0.2, 0.25) is 0 Å². The first-order chi connectivity index (χ1) is 8.77. The highest BCUT2D eigenvalue weighted by Gasteiger charge is 2.01. The summed E-state index contributed by atoms with van der Waals surface area (Å²) in [6, 6.07) is 13.8. The molecule has 0 saturated heterocycles. The number of para-hydroxylation sites is 3. The third kappa shape index (κ3) is 3.13. The lowest BCUT2D eigenvalue weighted by Crippen LogP contribution is -2.12. The van der Waals surface area contributed by atoms with E-state index in [-0.39, 0.29) is 11.6 Å². The molecular formula is C14H15FN2O. The molecule has 2 aromatic carbocycles. The summed E-state index contributed by atoms with van der Waals surface area (Å²) >= 11 is 0. The number of halogens is 1. The summed E-state index contributed by atoms with van der Waals surface area (Å²) in [6.07, 6.45) is 0. The first kappa shape index (κ1) is 12.2. The van der Waals surface area contributed by atoms with E-state index in [2.05, 4.69) is 5.32 Å². The summed E-state index contributed by atoms with van der Waals surface area (Å²) in [4.78, 5) is 0. The lowest BCUT2D eigenvalue weighted by atomic mass is 10.3. The average molecular weight is 246 g/mol. The molecule has 0 bridgehead atoms. The van der Waals surface area contributed by atoms with Gasteiger partial charge in [0, 0.05) is 6.54 Å². The lowest BCUT2D eigenvalue weighted by Gasteiger charge is -2.10.